The van der Waals surface area contributed by atoms with Gasteiger partial charge >= 0.3 is 5.97 Å². The summed E-state index contributed by atoms with van der Waals surface area (Å²) in [6.45, 7) is 3.84. The number of amides is 1. The molecule has 0 radical (unpaired) electrons. The van der Waals surface area contributed by atoms with Crippen molar-refractivity contribution in [2.75, 3.05) is 26.7 Å². The molecular formula is C19H28N2O3S. The number of nitrogens with zero attached hydrogens (tertiary/aromatic N) is 2. The highest BCUT2D eigenvalue weighted by Crippen LogP contribution is 2.33. The van der Waals surface area contributed by atoms with Crippen molar-refractivity contribution in [2.24, 2.45) is 5.92 Å². The van der Waals surface area contributed by atoms with Gasteiger partial charge in [0.15, 0.2) is 0 Å². The van der Waals surface area contributed by atoms with E-state index >= 15 is 0 Å². The zero-order valence-corrected chi connectivity index (χ0v) is 16.0. The minimum absolute atomic E-state index is 0.0643. The Bertz CT molecular complexity index is 643. The highest BCUT2D eigenvalue weighted by molar-refractivity contribution is 7.10. The topological polar surface area (TPSA) is 60.9 Å². The van der Waals surface area contributed by atoms with Gasteiger partial charge in [-0.2, -0.15) is 0 Å². The molecule has 5 nitrogen and oxygen atoms in total. The lowest BCUT2D eigenvalue weighted by Crippen LogP contribution is -2.37. The second-order valence-corrected chi connectivity index (χ2v) is 8.55. The first-order chi connectivity index (χ1) is 12.0. The van der Waals surface area contributed by atoms with Gasteiger partial charge < -0.3 is 10.0 Å². The zero-order chi connectivity index (χ0) is 18.0. The fraction of sp³-hybridized carbons (Fsp3) is 0.684. The predicted octanol–water partition coefficient (Wildman–Crippen LogP) is 2.88. The van der Waals surface area contributed by atoms with Gasteiger partial charge in [0.25, 0.3) is 5.91 Å². The predicted molar refractivity (Wildman–Crippen MR) is 99.3 cm³/mol. The van der Waals surface area contributed by atoms with E-state index in [0.29, 0.717) is 6.54 Å². The zero-order valence-electron chi connectivity index (χ0n) is 15.2. The maximum atomic E-state index is 13.0. The molecule has 2 atom stereocenters. The molecule has 3 rings (SSSR count). The van der Waals surface area contributed by atoms with E-state index in [1.54, 1.807) is 11.3 Å². The van der Waals surface area contributed by atoms with E-state index in [2.05, 4.69) is 12.3 Å². The molecule has 0 saturated carbocycles. The molecule has 0 aromatic carbocycles. The molecule has 1 saturated heterocycles. The highest BCUT2D eigenvalue weighted by Gasteiger charge is 2.28. The standard InChI is InChI=1S/C19H28N2O3S/c1-13-5-6-15-16(12-25-17(15)10-13)19(24)21-8-3-4-14(7-9-21)20(2)11-18(22)23/h12-14H,3-11H2,1-2H3,(H,22,23). The van der Waals surface area contributed by atoms with Gasteiger partial charge in [0.05, 0.1) is 12.1 Å². The molecule has 2 aliphatic rings. The maximum Gasteiger partial charge on any atom is 0.317 e. The molecule has 2 heterocycles. The molecular weight excluding hydrogens is 336 g/mol. The van der Waals surface area contributed by atoms with Crippen molar-refractivity contribution in [3.8, 4) is 0 Å². The quantitative estimate of drug-likeness (QED) is 0.892. The van der Waals surface area contributed by atoms with Crippen LogP contribution >= 0.6 is 11.3 Å². The molecule has 1 aromatic rings. The molecule has 25 heavy (non-hydrogen) atoms. The first kappa shape index (κ1) is 18.4. The Morgan fingerprint density at radius 2 is 2.12 bits per heavy atom. The van der Waals surface area contributed by atoms with Crippen molar-refractivity contribution in [3.63, 3.8) is 0 Å². The molecule has 1 aliphatic carbocycles. The number of carboxylic acid groups (broad SMARTS) is 1. The molecule has 1 fully saturated rings. The lowest BCUT2D eigenvalue weighted by atomic mass is 9.88. The summed E-state index contributed by atoms with van der Waals surface area (Å²) in [7, 11) is 1.87. The number of likely N-dealkylation sites (N-methyl/N-ethyl adjacent to an activating group) is 1. The first-order valence-corrected chi connectivity index (χ1v) is 10.1. The monoisotopic (exact) mass is 364 g/mol. The number of fused-ring (bicyclic) bond motifs is 1. The summed E-state index contributed by atoms with van der Waals surface area (Å²) in [5, 5.41) is 11.0. The van der Waals surface area contributed by atoms with Crippen molar-refractivity contribution >= 4 is 23.2 Å². The number of aliphatic carboxylic acids is 1. The van der Waals surface area contributed by atoms with E-state index in [4.69, 9.17) is 5.11 Å². The number of carboxylic acids is 1. The highest BCUT2D eigenvalue weighted by atomic mass is 32.1. The number of likely N-dealkylation sites (tertiary alicyclic amines) is 1. The summed E-state index contributed by atoms with van der Waals surface area (Å²) in [5.41, 5.74) is 2.21. The van der Waals surface area contributed by atoms with E-state index in [-0.39, 0.29) is 18.5 Å². The minimum Gasteiger partial charge on any atom is -0.480 e. The Hall–Kier alpha value is -1.40. The Morgan fingerprint density at radius 1 is 1.32 bits per heavy atom. The number of carbonyl (C=O) groups is 2. The molecule has 1 N–H and O–H groups in total. The van der Waals surface area contributed by atoms with E-state index < -0.39 is 5.97 Å². The molecule has 2 unspecified atom stereocenters. The van der Waals surface area contributed by atoms with Crippen molar-refractivity contribution in [1.29, 1.82) is 0 Å². The lowest BCUT2D eigenvalue weighted by molar-refractivity contribution is -0.138. The van der Waals surface area contributed by atoms with Gasteiger partial charge in [0.2, 0.25) is 0 Å². The normalized spacial score (nSPS) is 24.0. The smallest absolute Gasteiger partial charge is 0.317 e. The van der Waals surface area contributed by atoms with Crippen molar-refractivity contribution in [2.45, 2.75) is 51.5 Å². The summed E-state index contributed by atoms with van der Waals surface area (Å²) in [4.78, 5) is 29.3. The summed E-state index contributed by atoms with van der Waals surface area (Å²) in [6, 6.07) is 0.242. The third kappa shape index (κ3) is 4.23. The molecule has 1 aliphatic heterocycles. The minimum atomic E-state index is -0.793. The van der Waals surface area contributed by atoms with E-state index in [1.807, 2.05) is 16.8 Å². The van der Waals surface area contributed by atoms with Crippen LogP contribution < -0.4 is 0 Å². The van der Waals surface area contributed by atoms with Crippen LogP contribution in [0.15, 0.2) is 5.38 Å². The van der Waals surface area contributed by atoms with Crippen LogP contribution in [0.3, 0.4) is 0 Å². The van der Waals surface area contributed by atoms with Gasteiger partial charge in [-0.05, 0) is 57.1 Å². The molecule has 0 bridgehead atoms. The summed E-state index contributed by atoms with van der Waals surface area (Å²) in [5.74, 6) is 0.102. The summed E-state index contributed by atoms with van der Waals surface area (Å²) < 4.78 is 0. The van der Waals surface area contributed by atoms with Gasteiger partial charge in [-0.15, -0.1) is 11.3 Å². The molecule has 138 valence electrons. The Kier molecular flexibility index (Phi) is 5.79. The van der Waals surface area contributed by atoms with Gasteiger partial charge in [-0.25, -0.2) is 0 Å². The summed E-state index contributed by atoms with van der Waals surface area (Å²) in [6.07, 6.45) is 6.04. The number of carbonyl (C=O) groups excluding carboxylic acids is 1. The fourth-order valence-corrected chi connectivity index (χ4v) is 5.33. The van der Waals surface area contributed by atoms with Crippen LogP contribution in [-0.2, 0) is 17.6 Å². The largest absolute Gasteiger partial charge is 0.480 e. The van der Waals surface area contributed by atoms with Crippen LogP contribution in [0.5, 0.6) is 0 Å². The van der Waals surface area contributed by atoms with Crippen LogP contribution in [0.25, 0.3) is 0 Å². The van der Waals surface area contributed by atoms with Gasteiger partial charge in [-0.1, -0.05) is 6.92 Å². The van der Waals surface area contributed by atoms with Crippen molar-refractivity contribution < 1.29 is 14.7 Å². The molecule has 1 amide bonds. The lowest BCUT2D eigenvalue weighted by Gasteiger charge is -2.26. The third-order valence-corrected chi connectivity index (χ3v) is 6.68. The SMILES string of the molecule is CC1CCc2c(C(=O)N3CCCC(N(C)CC(=O)O)CC3)csc2C1. The number of thiophene rings is 1. The molecule has 6 heteroatoms. The Balaban J connectivity index is 1.65. The number of hydrogen-bond donors (Lipinski definition) is 1. The third-order valence-electron chi connectivity index (χ3n) is 5.62. The Morgan fingerprint density at radius 3 is 2.88 bits per heavy atom. The van der Waals surface area contributed by atoms with Crippen LogP contribution in [0, 0.1) is 5.92 Å². The van der Waals surface area contributed by atoms with Gasteiger partial charge in [0.1, 0.15) is 0 Å². The van der Waals surface area contributed by atoms with Crippen LogP contribution in [0.4, 0.5) is 0 Å². The van der Waals surface area contributed by atoms with Gasteiger partial charge in [0, 0.05) is 29.4 Å². The Labute approximate surface area is 153 Å². The first-order valence-electron chi connectivity index (χ1n) is 9.26. The van der Waals surface area contributed by atoms with Crippen molar-refractivity contribution in [1.82, 2.24) is 9.80 Å². The van der Waals surface area contributed by atoms with E-state index in [9.17, 15) is 9.59 Å². The van der Waals surface area contributed by atoms with Gasteiger partial charge in [-0.3, -0.25) is 14.5 Å². The van der Waals surface area contributed by atoms with E-state index in [0.717, 1.165) is 50.1 Å². The van der Waals surface area contributed by atoms with Crippen LogP contribution in [0.2, 0.25) is 0 Å². The van der Waals surface area contributed by atoms with E-state index in [1.165, 1.54) is 16.9 Å². The average molecular weight is 365 g/mol. The second-order valence-electron chi connectivity index (χ2n) is 7.58. The number of rotatable bonds is 4. The average Bonchev–Trinajstić information content (AvgIpc) is 2.81. The number of hydrogen-bond acceptors (Lipinski definition) is 4. The second kappa shape index (κ2) is 7.87. The van der Waals surface area contributed by atoms with Crippen molar-refractivity contribution in [3.05, 3.63) is 21.4 Å². The maximum absolute atomic E-state index is 13.0. The molecule has 1 aromatic heterocycles. The summed E-state index contributed by atoms with van der Waals surface area (Å²) >= 11 is 1.74. The van der Waals surface area contributed by atoms with Crippen LogP contribution in [-0.4, -0.2) is 59.5 Å². The molecule has 0 spiro atoms. The fourth-order valence-electron chi connectivity index (χ4n) is 4.09. The van der Waals surface area contributed by atoms with Crippen LogP contribution in [0.1, 0.15) is 53.4 Å².